The van der Waals surface area contributed by atoms with Gasteiger partial charge in [-0.25, -0.2) is 4.98 Å². The first-order chi connectivity index (χ1) is 11.0. The molecule has 1 aliphatic heterocycles. The highest BCUT2D eigenvalue weighted by atomic mass is 35.5. The van der Waals surface area contributed by atoms with Crippen molar-refractivity contribution >= 4 is 30.7 Å². The minimum atomic E-state index is -4.48. The Balaban J connectivity index is 0.00000288. The Morgan fingerprint density at radius 3 is 2.64 bits per heavy atom. The molecule has 2 heterocycles. The molecule has 144 valence electrons. The van der Waals surface area contributed by atoms with Gasteiger partial charge in [-0.3, -0.25) is 9.69 Å². The number of carbonyl (C=O) groups is 1. The summed E-state index contributed by atoms with van der Waals surface area (Å²) in [6, 6.07) is 2.87. The van der Waals surface area contributed by atoms with Gasteiger partial charge in [-0.05, 0) is 12.1 Å². The Hall–Kier alpha value is -1.29. The van der Waals surface area contributed by atoms with E-state index < -0.39 is 18.7 Å². The van der Waals surface area contributed by atoms with Crippen LogP contribution in [0.15, 0.2) is 18.3 Å². The Kier molecular flexibility index (Phi) is 10.8. The maximum absolute atomic E-state index is 12.2. The van der Waals surface area contributed by atoms with Crippen molar-refractivity contribution in [2.24, 2.45) is 0 Å². The average molecular weight is 405 g/mol. The second kappa shape index (κ2) is 11.3. The topological polar surface area (TPSA) is 66.5 Å². The number of hydrogen-bond acceptors (Lipinski definition) is 5. The van der Waals surface area contributed by atoms with Gasteiger partial charge in [-0.15, -0.1) is 24.8 Å². The van der Waals surface area contributed by atoms with Crippen LogP contribution in [0.3, 0.4) is 0 Å². The third kappa shape index (κ3) is 8.57. The molecule has 6 nitrogen and oxygen atoms in total. The van der Waals surface area contributed by atoms with Crippen molar-refractivity contribution in [3.05, 3.63) is 23.9 Å². The minimum Gasteiger partial charge on any atom is -0.467 e. The number of halogens is 5. The smallest absolute Gasteiger partial charge is 0.422 e. The van der Waals surface area contributed by atoms with E-state index in [1.165, 1.54) is 18.3 Å². The summed E-state index contributed by atoms with van der Waals surface area (Å²) in [5, 5.41) is 5.91. The molecular formula is C14H21Cl2F3N4O2. The summed E-state index contributed by atoms with van der Waals surface area (Å²) in [7, 11) is 0. The van der Waals surface area contributed by atoms with Gasteiger partial charge < -0.3 is 15.4 Å². The lowest BCUT2D eigenvalue weighted by molar-refractivity contribution is -0.154. The van der Waals surface area contributed by atoms with Crippen molar-refractivity contribution < 1.29 is 22.7 Å². The van der Waals surface area contributed by atoms with E-state index >= 15 is 0 Å². The molecule has 0 atom stereocenters. The van der Waals surface area contributed by atoms with E-state index in [-0.39, 0.29) is 36.3 Å². The number of alkyl halides is 3. The predicted octanol–water partition coefficient (Wildman–Crippen LogP) is 1.50. The highest BCUT2D eigenvalue weighted by molar-refractivity contribution is 5.96. The highest BCUT2D eigenvalue weighted by Crippen LogP contribution is 2.19. The molecule has 2 N–H and O–H groups in total. The molecule has 1 aromatic rings. The van der Waals surface area contributed by atoms with Crippen molar-refractivity contribution in [2.75, 3.05) is 45.9 Å². The molecule has 1 aliphatic rings. The van der Waals surface area contributed by atoms with E-state index in [0.717, 1.165) is 26.2 Å². The second-order valence-electron chi connectivity index (χ2n) is 5.11. The van der Waals surface area contributed by atoms with Crippen LogP contribution in [0.5, 0.6) is 5.88 Å². The van der Waals surface area contributed by atoms with Gasteiger partial charge in [0.1, 0.15) is 5.56 Å². The van der Waals surface area contributed by atoms with Gasteiger partial charge in [0.25, 0.3) is 5.91 Å². The summed E-state index contributed by atoms with van der Waals surface area (Å²) in [6.45, 7) is 3.24. The van der Waals surface area contributed by atoms with Crippen LogP contribution in [-0.4, -0.2) is 67.8 Å². The van der Waals surface area contributed by atoms with E-state index in [0.29, 0.717) is 13.1 Å². The number of aromatic nitrogens is 1. The summed E-state index contributed by atoms with van der Waals surface area (Å²) in [5.41, 5.74) is -0.00272. The molecule has 11 heteroatoms. The van der Waals surface area contributed by atoms with Gasteiger partial charge in [0.05, 0.1) is 0 Å². The first-order valence-corrected chi connectivity index (χ1v) is 7.31. The van der Waals surface area contributed by atoms with Crippen molar-refractivity contribution in [1.82, 2.24) is 20.5 Å². The summed E-state index contributed by atoms with van der Waals surface area (Å²) >= 11 is 0. The number of piperazine rings is 1. The Bertz CT molecular complexity index is 529. The fourth-order valence-electron chi connectivity index (χ4n) is 2.19. The van der Waals surface area contributed by atoms with Crippen LogP contribution in [0.1, 0.15) is 10.4 Å². The second-order valence-corrected chi connectivity index (χ2v) is 5.11. The van der Waals surface area contributed by atoms with Gasteiger partial charge in [0.2, 0.25) is 5.88 Å². The fraction of sp³-hybridized carbons (Fsp3) is 0.571. The Morgan fingerprint density at radius 2 is 2.00 bits per heavy atom. The van der Waals surface area contributed by atoms with Crippen molar-refractivity contribution in [3.63, 3.8) is 0 Å². The number of pyridine rings is 1. The largest absolute Gasteiger partial charge is 0.467 e. The molecule has 1 fully saturated rings. The Labute approximate surface area is 156 Å². The zero-order chi connectivity index (χ0) is 16.7. The predicted molar refractivity (Wildman–Crippen MR) is 91.9 cm³/mol. The molecule has 0 aliphatic carbocycles. The lowest BCUT2D eigenvalue weighted by Crippen LogP contribution is -2.46. The van der Waals surface area contributed by atoms with Gasteiger partial charge in [0.15, 0.2) is 6.61 Å². The first-order valence-electron chi connectivity index (χ1n) is 7.31. The van der Waals surface area contributed by atoms with E-state index in [2.05, 4.69) is 25.3 Å². The lowest BCUT2D eigenvalue weighted by atomic mass is 10.2. The molecule has 0 spiro atoms. The van der Waals surface area contributed by atoms with Crippen molar-refractivity contribution in [2.45, 2.75) is 6.18 Å². The molecule has 0 radical (unpaired) electrons. The standard InChI is InChI=1S/C14H19F3N4O2.2ClH/c15-14(16,17)10-23-13-11(2-1-3-20-13)12(22)19-6-9-21-7-4-18-5-8-21;;/h1-3,18H,4-10H2,(H,19,22);2*1H. The van der Waals surface area contributed by atoms with E-state index in [9.17, 15) is 18.0 Å². The van der Waals surface area contributed by atoms with Crippen LogP contribution in [0, 0.1) is 0 Å². The average Bonchev–Trinajstić information content (AvgIpc) is 2.53. The number of amides is 1. The number of ether oxygens (including phenoxy) is 1. The van der Waals surface area contributed by atoms with Crippen molar-refractivity contribution in [1.29, 1.82) is 0 Å². The zero-order valence-corrected chi connectivity index (χ0v) is 15.0. The molecule has 0 aromatic carbocycles. The van der Waals surface area contributed by atoms with E-state index in [1.807, 2.05) is 0 Å². The minimum absolute atomic E-state index is 0. The lowest BCUT2D eigenvalue weighted by Gasteiger charge is -2.27. The zero-order valence-electron chi connectivity index (χ0n) is 13.3. The number of carbonyl (C=O) groups excluding carboxylic acids is 1. The van der Waals surface area contributed by atoms with Crippen LogP contribution in [-0.2, 0) is 0 Å². The molecular weight excluding hydrogens is 384 g/mol. The number of nitrogens with one attached hydrogen (secondary N) is 2. The molecule has 0 bridgehead atoms. The van der Waals surface area contributed by atoms with Crippen molar-refractivity contribution in [3.8, 4) is 5.88 Å². The SMILES string of the molecule is Cl.Cl.O=C(NCCN1CCNCC1)c1cccnc1OCC(F)(F)F. The van der Waals surface area contributed by atoms with Gasteiger partial charge in [-0.2, -0.15) is 13.2 Å². The van der Waals surface area contributed by atoms with Gasteiger partial charge >= 0.3 is 6.18 Å². The monoisotopic (exact) mass is 404 g/mol. The summed E-state index contributed by atoms with van der Waals surface area (Å²) in [6.07, 6.45) is -3.20. The molecule has 2 rings (SSSR count). The molecule has 0 saturated carbocycles. The molecule has 1 saturated heterocycles. The van der Waals surface area contributed by atoms with E-state index in [1.54, 1.807) is 0 Å². The number of nitrogens with zero attached hydrogens (tertiary/aromatic N) is 2. The van der Waals surface area contributed by atoms with E-state index in [4.69, 9.17) is 0 Å². The maximum Gasteiger partial charge on any atom is 0.422 e. The van der Waals surface area contributed by atoms with Gasteiger partial charge in [0, 0.05) is 45.5 Å². The molecule has 1 aromatic heterocycles. The fourth-order valence-corrected chi connectivity index (χ4v) is 2.19. The number of hydrogen-bond donors (Lipinski definition) is 2. The number of rotatable bonds is 6. The van der Waals surface area contributed by atoms with Crippen LogP contribution < -0.4 is 15.4 Å². The maximum atomic E-state index is 12.2. The highest BCUT2D eigenvalue weighted by Gasteiger charge is 2.29. The molecule has 0 unspecified atom stereocenters. The third-order valence-electron chi connectivity index (χ3n) is 3.31. The van der Waals surface area contributed by atoms with Gasteiger partial charge in [-0.1, -0.05) is 0 Å². The summed E-state index contributed by atoms with van der Waals surface area (Å²) < 4.78 is 41.3. The third-order valence-corrected chi connectivity index (χ3v) is 3.31. The molecule has 25 heavy (non-hydrogen) atoms. The van der Waals surface area contributed by atoms with Crippen LogP contribution in [0.4, 0.5) is 13.2 Å². The quantitative estimate of drug-likeness (QED) is 0.751. The van der Waals surface area contributed by atoms with Crippen LogP contribution >= 0.6 is 24.8 Å². The first kappa shape index (κ1) is 23.7. The normalized spacial score (nSPS) is 14.8. The van der Waals surface area contributed by atoms with Crippen LogP contribution in [0.25, 0.3) is 0 Å². The summed E-state index contributed by atoms with van der Waals surface area (Å²) in [5.74, 6) is -0.810. The Morgan fingerprint density at radius 1 is 1.32 bits per heavy atom. The summed E-state index contributed by atoms with van der Waals surface area (Å²) in [4.78, 5) is 18.0. The van der Waals surface area contributed by atoms with Crippen LogP contribution in [0.2, 0.25) is 0 Å². The molecule has 1 amide bonds.